The molecule has 1 aliphatic rings. The quantitative estimate of drug-likeness (QED) is 0.782. The third-order valence-corrected chi connectivity index (χ3v) is 5.52. The van der Waals surface area contributed by atoms with E-state index in [4.69, 9.17) is 4.52 Å². The maximum Gasteiger partial charge on any atom is 0.223 e. The lowest BCUT2D eigenvalue weighted by molar-refractivity contribution is -0.132. The summed E-state index contributed by atoms with van der Waals surface area (Å²) >= 11 is 0. The first-order chi connectivity index (χ1) is 12.1. The number of hydrogen-bond donors (Lipinski definition) is 0. The van der Waals surface area contributed by atoms with Crippen LogP contribution in [0.4, 0.5) is 0 Å². The molecule has 1 fully saturated rings. The lowest BCUT2D eigenvalue weighted by Gasteiger charge is -2.32. The standard InChI is InChI=1S/C21H28N2O2/c1-4-18(17-9-6-5-7-10-17)20-11-8-14-23(20)21(24)13-12-19-15(2)22-25-16(19)3/h5-7,9-10,18,20H,4,8,11-14H2,1-3H3/t18-,20-/m1/s1. The Kier molecular flexibility index (Phi) is 5.57. The van der Waals surface area contributed by atoms with E-state index in [-0.39, 0.29) is 5.91 Å². The summed E-state index contributed by atoms with van der Waals surface area (Å²) in [6.07, 6.45) is 4.51. The van der Waals surface area contributed by atoms with Crippen LogP contribution < -0.4 is 0 Å². The lowest BCUT2D eigenvalue weighted by atomic mass is 9.87. The number of aryl methyl sites for hydroxylation is 2. The van der Waals surface area contributed by atoms with E-state index in [2.05, 4.69) is 47.3 Å². The largest absolute Gasteiger partial charge is 0.361 e. The summed E-state index contributed by atoms with van der Waals surface area (Å²) in [5, 5.41) is 3.99. The molecular formula is C21H28N2O2. The second-order valence-electron chi connectivity index (χ2n) is 7.02. The van der Waals surface area contributed by atoms with Crippen molar-refractivity contribution < 1.29 is 9.32 Å². The Hall–Kier alpha value is -2.10. The zero-order chi connectivity index (χ0) is 17.8. The fourth-order valence-corrected chi connectivity index (χ4v) is 4.18. The van der Waals surface area contributed by atoms with E-state index in [0.717, 1.165) is 42.8 Å². The summed E-state index contributed by atoms with van der Waals surface area (Å²) in [5.41, 5.74) is 3.33. The van der Waals surface area contributed by atoms with Gasteiger partial charge in [0.2, 0.25) is 5.91 Å². The Morgan fingerprint density at radius 3 is 2.72 bits per heavy atom. The first-order valence-corrected chi connectivity index (χ1v) is 9.38. The number of aromatic nitrogens is 1. The Morgan fingerprint density at radius 2 is 2.08 bits per heavy atom. The molecule has 3 rings (SSSR count). The van der Waals surface area contributed by atoms with E-state index in [0.29, 0.717) is 24.8 Å². The van der Waals surface area contributed by atoms with Crippen LogP contribution in [-0.4, -0.2) is 28.6 Å². The highest BCUT2D eigenvalue weighted by molar-refractivity contribution is 5.77. The second kappa shape index (κ2) is 7.85. The summed E-state index contributed by atoms with van der Waals surface area (Å²) in [5.74, 6) is 1.52. The number of carbonyl (C=O) groups is 1. The van der Waals surface area contributed by atoms with Crippen LogP contribution in [0.2, 0.25) is 0 Å². The van der Waals surface area contributed by atoms with Crippen molar-refractivity contribution >= 4 is 5.91 Å². The Bertz CT molecular complexity index is 688. The first-order valence-electron chi connectivity index (χ1n) is 9.38. The van der Waals surface area contributed by atoms with Gasteiger partial charge in [-0.05, 0) is 45.1 Å². The lowest BCUT2D eigenvalue weighted by Crippen LogP contribution is -2.39. The molecule has 0 spiro atoms. The van der Waals surface area contributed by atoms with Gasteiger partial charge in [0.05, 0.1) is 5.69 Å². The molecule has 2 atom stereocenters. The van der Waals surface area contributed by atoms with Crippen LogP contribution in [0.5, 0.6) is 0 Å². The minimum atomic E-state index is 0.261. The number of amides is 1. The highest BCUT2D eigenvalue weighted by Gasteiger charge is 2.34. The minimum absolute atomic E-state index is 0.261. The summed E-state index contributed by atoms with van der Waals surface area (Å²) in [4.78, 5) is 15.0. The number of likely N-dealkylation sites (tertiary alicyclic amines) is 1. The van der Waals surface area contributed by atoms with Crippen molar-refractivity contribution in [3.8, 4) is 0 Å². The highest BCUT2D eigenvalue weighted by Crippen LogP contribution is 2.34. The number of benzene rings is 1. The van der Waals surface area contributed by atoms with Gasteiger partial charge < -0.3 is 9.42 Å². The van der Waals surface area contributed by atoms with Crippen LogP contribution in [0.3, 0.4) is 0 Å². The molecule has 1 amide bonds. The molecule has 0 aliphatic carbocycles. The third-order valence-electron chi connectivity index (χ3n) is 5.52. The molecule has 4 nitrogen and oxygen atoms in total. The maximum absolute atomic E-state index is 12.9. The zero-order valence-electron chi connectivity index (χ0n) is 15.5. The van der Waals surface area contributed by atoms with Crippen LogP contribution in [0.1, 0.15) is 61.1 Å². The van der Waals surface area contributed by atoms with Crippen LogP contribution >= 0.6 is 0 Å². The molecule has 0 radical (unpaired) electrons. The zero-order valence-corrected chi connectivity index (χ0v) is 15.5. The van der Waals surface area contributed by atoms with Crippen LogP contribution in [-0.2, 0) is 11.2 Å². The molecule has 2 heterocycles. The van der Waals surface area contributed by atoms with E-state index < -0.39 is 0 Å². The van der Waals surface area contributed by atoms with E-state index in [1.54, 1.807) is 0 Å². The molecule has 0 saturated carbocycles. The van der Waals surface area contributed by atoms with E-state index >= 15 is 0 Å². The van der Waals surface area contributed by atoms with Crippen molar-refractivity contribution in [3.63, 3.8) is 0 Å². The molecule has 0 N–H and O–H groups in total. The van der Waals surface area contributed by atoms with Crippen LogP contribution in [0.15, 0.2) is 34.9 Å². The maximum atomic E-state index is 12.9. The molecule has 1 aromatic heterocycles. The van der Waals surface area contributed by atoms with E-state index in [9.17, 15) is 4.79 Å². The van der Waals surface area contributed by atoms with Crippen molar-refractivity contribution in [1.82, 2.24) is 10.1 Å². The predicted octanol–water partition coefficient (Wildman–Crippen LogP) is 4.41. The average Bonchev–Trinajstić information content (AvgIpc) is 3.22. The van der Waals surface area contributed by atoms with Crippen molar-refractivity contribution in [3.05, 3.63) is 52.9 Å². The summed E-state index contributed by atoms with van der Waals surface area (Å²) in [6.45, 7) is 6.97. The smallest absolute Gasteiger partial charge is 0.223 e. The molecule has 1 aliphatic heterocycles. The van der Waals surface area contributed by atoms with Crippen molar-refractivity contribution in [2.45, 2.75) is 64.8 Å². The minimum Gasteiger partial charge on any atom is -0.361 e. The Labute approximate surface area is 150 Å². The number of rotatable bonds is 6. The predicted molar refractivity (Wildman–Crippen MR) is 98.5 cm³/mol. The average molecular weight is 340 g/mol. The van der Waals surface area contributed by atoms with Gasteiger partial charge in [0.15, 0.2) is 0 Å². The molecule has 134 valence electrons. The molecule has 2 aromatic rings. The number of carbonyl (C=O) groups excluding carboxylic acids is 1. The van der Waals surface area contributed by atoms with E-state index in [1.807, 2.05) is 13.8 Å². The van der Waals surface area contributed by atoms with Crippen molar-refractivity contribution in [1.29, 1.82) is 0 Å². The molecule has 0 bridgehead atoms. The van der Waals surface area contributed by atoms with Gasteiger partial charge in [0.25, 0.3) is 0 Å². The van der Waals surface area contributed by atoms with Crippen LogP contribution in [0, 0.1) is 13.8 Å². The van der Waals surface area contributed by atoms with Gasteiger partial charge in [-0.3, -0.25) is 4.79 Å². The molecule has 1 saturated heterocycles. The topological polar surface area (TPSA) is 46.3 Å². The molecule has 0 unspecified atom stereocenters. The fraction of sp³-hybridized carbons (Fsp3) is 0.524. The van der Waals surface area contributed by atoms with E-state index in [1.165, 1.54) is 5.56 Å². The van der Waals surface area contributed by atoms with Gasteiger partial charge in [-0.1, -0.05) is 42.4 Å². The Balaban J connectivity index is 1.69. The number of hydrogen-bond acceptors (Lipinski definition) is 3. The van der Waals surface area contributed by atoms with Crippen molar-refractivity contribution in [2.24, 2.45) is 0 Å². The first kappa shape index (κ1) is 17.7. The SMILES string of the molecule is CC[C@H](c1ccccc1)[C@H]1CCCN1C(=O)CCc1c(C)noc1C. The van der Waals surface area contributed by atoms with Gasteiger partial charge in [0.1, 0.15) is 5.76 Å². The van der Waals surface area contributed by atoms with Crippen molar-refractivity contribution in [2.75, 3.05) is 6.54 Å². The summed E-state index contributed by atoms with van der Waals surface area (Å²) in [6, 6.07) is 11.0. The molecule has 25 heavy (non-hydrogen) atoms. The van der Waals surface area contributed by atoms with Gasteiger partial charge in [0, 0.05) is 30.5 Å². The molecule has 1 aromatic carbocycles. The number of nitrogens with zero attached hydrogens (tertiary/aromatic N) is 2. The molecular weight excluding hydrogens is 312 g/mol. The van der Waals surface area contributed by atoms with Gasteiger partial charge in [-0.15, -0.1) is 0 Å². The Morgan fingerprint density at radius 1 is 1.32 bits per heavy atom. The second-order valence-corrected chi connectivity index (χ2v) is 7.02. The normalized spacial score (nSPS) is 18.5. The van der Waals surface area contributed by atoms with Gasteiger partial charge >= 0.3 is 0 Å². The monoisotopic (exact) mass is 340 g/mol. The van der Waals surface area contributed by atoms with Crippen LogP contribution in [0.25, 0.3) is 0 Å². The highest BCUT2D eigenvalue weighted by atomic mass is 16.5. The summed E-state index contributed by atoms with van der Waals surface area (Å²) in [7, 11) is 0. The molecule has 4 heteroatoms. The summed E-state index contributed by atoms with van der Waals surface area (Å²) < 4.78 is 5.21. The third kappa shape index (κ3) is 3.78. The van der Waals surface area contributed by atoms with Gasteiger partial charge in [-0.2, -0.15) is 0 Å². The van der Waals surface area contributed by atoms with Gasteiger partial charge in [-0.25, -0.2) is 0 Å². The fourth-order valence-electron chi connectivity index (χ4n) is 4.18.